The lowest BCUT2D eigenvalue weighted by Crippen LogP contribution is -2.32. The van der Waals surface area contributed by atoms with Crippen molar-refractivity contribution >= 4 is 0 Å². The summed E-state index contributed by atoms with van der Waals surface area (Å²) in [6.07, 6.45) is 17.6. The van der Waals surface area contributed by atoms with E-state index in [-0.39, 0.29) is 0 Å². The fourth-order valence-electron chi connectivity index (χ4n) is 4.05. The van der Waals surface area contributed by atoms with Gasteiger partial charge in [-0.15, -0.1) is 0 Å². The maximum absolute atomic E-state index is 3.59. The molecular weight excluding hydrogens is 254 g/mol. The number of rotatable bonds is 12. The minimum Gasteiger partial charge on any atom is -0.317 e. The zero-order valence-corrected chi connectivity index (χ0v) is 15.1. The van der Waals surface area contributed by atoms with Crippen molar-refractivity contribution in [3.05, 3.63) is 0 Å². The van der Waals surface area contributed by atoms with Crippen LogP contribution in [0.25, 0.3) is 0 Å². The average Bonchev–Trinajstić information content (AvgIpc) is 2.49. The van der Waals surface area contributed by atoms with Crippen molar-refractivity contribution in [3.8, 4) is 0 Å². The number of hydrogen-bond acceptors (Lipinski definition) is 1. The zero-order chi connectivity index (χ0) is 15.3. The van der Waals surface area contributed by atoms with Crippen molar-refractivity contribution in [1.82, 2.24) is 5.32 Å². The third-order valence-electron chi connectivity index (χ3n) is 5.49. The summed E-state index contributed by atoms with van der Waals surface area (Å²) in [5.41, 5.74) is 0. The first-order valence-electron chi connectivity index (χ1n) is 9.98. The minimum absolute atomic E-state index is 0.964. The second-order valence-electron chi connectivity index (χ2n) is 7.51. The molecule has 0 bridgehead atoms. The molecule has 0 spiro atoms. The van der Waals surface area contributed by atoms with Gasteiger partial charge < -0.3 is 5.32 Å². The van der Waals surface area contributed by atoms with Crippen molar-refractivity contribution in [2.45, 2.75) is 97.8 Å². The fourth-order valence-corrected chi connectivity index (χ4v) is 4.05. The van der Waals surface area contributed by atoms with E-state index in [9.17, 15) is 0 Å². The van der Waals surface area contributed by atoms with Crippen LogP contribution in [-0.2, 0) is 0 Å². The maximum Gasteiger partial charge on any atom is -0.00180 e. The number of hydrogen-bond donors (Lipinski definition) is 1. The van der Waals surface area contributed by atoms with E-state index in [1.165, 1.54) is 83.6 Å². The quantitative estimate of drug-likeness (QED) is 0.424. The van der Waals surface area contributed by atoms with Gasteiger partial charge in [-0.3, -0.25) is 0 Å². The van der Waals surface area contributed by atoms with Gasteiger partial charge in [0.25, 0.3) is 0 Å². The van der Waals surface area contributed by atoms with Crippen molar-refractivity contribution < 1.29 is 0 Å². The van der Waals surface area contributed by atoms with E-state index in [2.05, 4.69) is 26.1 Å². The van der Waals surface area contributed by atoms with E-state index in [4.69, 9.17) is 0 Å². The van der Waals surface area contributed by atoms with Crippen LogP contribution in [0.1, 0.15) is 97.8 Å². The lowest BCUT2D eigenvalue weighted by atomic mass is 9.72. The Bertz CT molecular complexity index is 224. The molecule has 0 amide bonds. The topological polar surface area (TPSA) is 12.0 Å². The molecule has 0 radical (unpaired) electrons. The first kappa shape index (κ1) is 19.0. The van der Waals surface area contributed by atoms with Crippen LogP contribution in [0.3, 0.4) is 0 Å². The molecule has 0 heterocycles. The molecule has 0 saturated heterocycles. The molecule has 1 nitrogen and oxygen atoms in total. The molecule has 0 aromatic rings. The molecule has 1 saturated carbocycles. The predicted octanol–water partition coefficient (Wildman–Crippen LogP) is 6.18. The monoisotopic (exact) mass is 295 g/mol. The Kier molecular flexibility index (Phi) is 11.3. The summed E-state index contributed by atoms with van der Waals surface area (Å²) in [7, 11) is 0. The summed E-state index contributed by atoms with van der Waals surface area (Å²) >= 11 is 0. The molecule has 3 unspecified atom stereocenters. The molecule has 1 heteroatoms. The van der Waals surface area contributed by atoms with Gasteiger partial charge in [0.1, 0.15) is 0 Å². The number of unbranched alkanes of at least 4 members (excludes halogenated alkanes) is 7. The molecule has 21 heavy (non-hydrogen) atoms. The second kappa shape index (κ2) is 12.5. The van der Waals surface area contributed by atoms with E-state index in [1.54, 1.807) is 0 Å². The van der Waals surface area contributed by atoms with Crippen LogP contribution in [0.5, 0.6) is 0 Å². The molecule has 0 aliphatic heterocycles. The third-order valence-corrected chi connectivity index (χ3v) is 5.49. The Morgan fingerprint density at radius 2 is 1.48 bits per heavy atom. The summed E-state index contributed by atoms with van der Waals surface area (Å²) in [5.74, 6) is 2.94. The Hall–Kier alpha value is -0.0400. The van der Waals surface area contributed by atoms with Gasteiger partial charge in [0.15, 0.2) is 0 Å². The highest BCUT2D eigenvalue weighted by Gasteiger charge is 2.27. The van der Waals surface area contributed by atoms with Crippen LogP contribution in [0.15, 0.2) is 0 Å². The van der Waals surface area contributed by atoms with Gasteiger partial charge in [0.05, 0.1) is 0 Å². The van der Waals surface area contributed by atoms with Crippen molar-refractivity contribution in [3.63, 3.8) is 0 Å². The Labute approximate surface area is 134 Å². The van der Waals surface area contributed by atoms with Crippen LogP contribution < -0.4 is 5.32 Å². The van der Waals surface area contributed by atoms with Crippen LogP contribution in [0, 0.1) is 17.8 Å². The highest BCUT2D eigenvalue weighted by atomic mass is 14.8. The van der Waals surface area contributed by atoms with Gasteiger partial charge in [-0.1, -0.05) is 85.0 Å². The van der Waals surface area contributed by atoms with Gasteiger partial charge in [0, 0.05) is 0 Å². The first-order chi connectivity index (χ1) is 10.3. The molecule has 1 aliphatic rings. The molecule has 1 fully saturated rings. The fraction of sp³-hybridized carbons (Fsp3) is 1.00. The Morgan fingerprint density at radius 3 is 2.14 bits per heavy atom. The summed E-state index contributed by atoms with van der Waals surface area (Å²) in [5, 5.41) is 3.59. The summed E-state index contributed by atoms with van der Waals surface area (Å²) in [6, 6.07) is 0. The highest BCUT2D eigenvalue weighted by molar-refractivity contribution is 4.80. The summed E-state index contributed by atoms with van der Waals surface area (Å²) in [6.45, 7) is 9.40. The Balaban J connectivity index is 2.09. The highest BCUT2D eigenvalue weighted by Crippen LogP contribution is 2.36. The lowest BCUT2D eigenvalue weighted by Gasteiger charge is -2.35. The SMILES string of the molecule is CCCCCCCCCCC1CC(C)CCC1CNCC. The molecule has 126 valence electrons. The molecule has 3 atom stereocenters. The average molecular weight is 296 g/mol. The van der Waals surface area contributed by atoms with Gasteiger partial charge in [-0.2, -0.15) is 0 Å². The molecular formula is C20H41N. The van der Waals surface area contributed by atoms with Crippen molar-refractivity contribution in [2.75, 3.05) is 13.1 Å². The molecule has 0 aromatic heterocycles. The summed E-state index contributed by atoms with van der Waals surface area (Å²) < 4.78 is 0. The van der Waals surface area contributed by atoms with Gasteiger partial charge in [-0.05, 0) is 43.7 Å². The third kappa shape index (κ3) is 8.86. The van der Waals surface area contributed by atoms with Crippen molar-refractivity contribution in [2.24, 2.45) is 17.8 Å². The normalized spacial score (nSPS) is 26.1. The zero-order valence-electron chi connectivity index (χ0n) is 15.1. The molecule has 1 N–H and O–H groups in total. The minimum atomic E-state index is 0.964. The molecule has 1 rings (SSSR count). The maximum atomic E-state index is 3.59. The predicted molar refractivity (Wildman–Crippen MR) is 95.8 cm³/mol. The van der Waals surface area contributed by atoms with Gasteiger partial charge in [-0.25, -0.2) is 0 Å². The summed E-state index contributed by atoms with van der Waals surface area (Å²) in [4.78, 5) is 0. The van der Waals surface area contributed by atoms with E-state index in [1.807, 2.05) is 0 Å². The Morgan fingerprint density at radius 1 is 0.810 bits per heavy atom. The first-order valence-corrected chi connectivity index (χ1v) is 9.98. The van der Waals surface area contributed by atoms with E-state index in [0.29, 0.717) is 0 Å². The number of nitrogens with one attached hydrogen (secondary N) is 1. The van der Waals surface area contributed by atoms with Crippen LogP contribution in [0.2, 0.25) is 0 Å². The van der Waals surface area contributed by atoms with E-state index in [0.717, 1.165) is 24.3 Å². The van der Waals surface area contributed by atoms with E-state index < -0.39 is 0 Å². The van der Waals surface area contributed by atoms with E-state index >= 15 is 0 Å². The molecule has 0 aromatic carbocycles. The second-order valence-corrected chi connectivity index (χ2v) is 7.51. The smallest absolute Gasteiger partial charge is 0.00180 e. The van der Waals surface area contributed by atoms with Crippen LogP contribution >= 0.6 is 0 Å². The standard InChI is InChI=1S/C20H41N/c1-4-6-7-8-9-10-11-12-13-19-16-18(3)14-15-20(19)17-21-5-2/h18-21H,4-17H2,1-3H3. The lowest BCUT2D eigenvalue weighted by molar-refractivity contribution is 0.172. The van der Waals surface area contributed by atoms with Gasteiger partial charge in [0.2, 0.25) is 0 Å². The van der Waals surface area contributed by atoms with Crippen molar-refractivity contribution in [1.29, 1.82) is 0 Å². The largest absolute Gasteiger partial charge is 0.317 e. The van der Waals surface area contributed by atoms with Gasteiger partial charge >= 0.3 is 0 Å². The van der Waals surface area contributed by atoms with Crippen LogP contribution in [0.4, 0.5) is 0 Å². The van der Waals surface area contributed by atoms with Crippen LogP contribution in [-0.4, -0.2) is 13.1 Å². The molecule has 1 aliphatic carbocycles.